The Labute approximate surface area is 170 Å². The zero-order valence-electron chi connectivity index (χ0n) is 17.3. The van der Waals surface area contributed by atoms with Gasteiger partial charge in [0.05, 0.1) is 17.4 Å². The molecular weight excluding hydrogens is 368 g/mol. The van der Waals surface area contributed by atoms with Crippen LogP contribution >= 0.6 is 0 Å². The van der Waals surface area contributed by atoms with Crippen molar-refractivity contribution in [3.8, 4) is 0 Å². The Morgan fingerprint density at radius 1 is 1.17 bits per heavy atom. The molecule has 0 fully saturated rings. The predicted molar refractivity (Wildman–Crippen MR) is 113 cm³/mol. The topological polar surface area (TPSA) is 105 Å². The Morgan fingerprint density at radius 2 is 1.86 bits per heavy atom. The number of nitrogens with zero attached hydrogens (tertiary/aromatic N) is 4. The summed E-state index contributed by atoms with van der Waals surface area (Å²) in [6, 6.07) is 6.06. The minimum absolute atomic E-state index is 0.0205. The molecule has 152 valence electrons. The summed E-state index contributed by atoms with van der Waals surface area (Å²) in [5.41, 5.74) is 3.98. The van der Waals surface area contributed by atoms with Crippen molar-refractivity contribution in [2.75, 3.05) is 10.6 Å². The summed E-state index contributed by atoms with van der Waals surface area (Å²) < 4.78 is 1.83. The molecule has 0 aliphatic rings. The third-order valence-electron chi connectivity index (χ3n) is 4.62. The molecule has 8 nitrogen and oxygen atoms in total. The van der Waals surface area contributed by atoms with Gasteiger partial charge in [-0.1, -0.05) is 18.2 Å². The lowest BCUT2D eigenvalue weighted by Gasteiger charge is -2.18. The van der Waals surface area contributed by atoms with E-state index < -0.39 is 5.97 Å². The molecule has 3 rings (SSSR count). The first kappa shape index (κ1) is 20.3. The van der Waals surface area contributed by atoms with Crippen molar-refractivity contribution in [2.24, 2.45) is 0 Å². The van der Waals surface area contributed by atoms with Crippen LogP contribution in [0.15, 0.2) is 36.8 Å². The van der Waals surface area contributed by atoms with Crippen LogP contribution in [0.4, 0.5) is 17.5 Å². The number of carboxylic acid groups (broad SMARTS) is 1. The average molecular weight is 394 g/mol. The van der Waals surface area contributed by atoms with Gasteiger partial charge in [0.25, 0.3) is 0 Å². The highest BCUT2D eigenvalue weighted by Crippen LogP contribution is 2.21. The number of nitrogens with one attached hydrogen (secondary N) is 2. The largest absolute Gasteiger partial charge is 0.477 e. The summed E-state index contributed by atoms with van der Waals surface area (Å²) in [7, 11) is 0. The Balaban J connectivity index is 1.84. The quantitative estimate of drug-likeness (QED) is 0.578. The number of hydrogen-bond donors (Lipinski definition) is 3. The number of carbonyl (C=O) groups is 1. The maximum Gasteiger partial charge on any atom is 0.341 e. The molecule has 0 aliphatic heterocycles. The van der Waals surface area contributed by atoms with E-state index in [1.165, 1.54) is 6.20 Å². The maximum atomic E-state index is 11.6. The van der Waals surface area contributed by atoms with Crippen LogP contribution in [0.1, 0.15) is 47.8 Å². The first-order chi connectivity index (χ1) is 13.6. The van der Waals surface area contributed by atoms with Crippen LogP contribution in [-0.2, 0) is 12.1 Å². The fourth-order valence-corrected chi connectivity index (χ4v) is 2.92. The fourth-order valence-electron chi connectivity index (χ4n) is 2.92. The van der Waals surface area contributed by atoms with Crippen LogP contribution in [0.25, 0.3) is 0 Å². The van der Waals surface area contributed by atoms with E-state index in [-0.39, 0.29) is 16.9 Å². The number of anilines is 3. The summed E-state index contributed by atoms with van der Waals surface area (Å²) in [5, 5.41) is 20.1. The summed E-state index contributed by atoms with van der Waals surface area (Å²) >= 11 is 0. The van der Waals surface area contributed by atoms with Crippen molar-refractivity contribution in [3.05, 3.63) is 59.0 Å². The molecule has 0 atom stereocenters. The Kier molecular flexibility index (Phi) is 5.54. The lowest BCUT2D eigenvalue weighted by molar-refractivity contribution is 0.0697. The lowest BCUT2D eigenvalue weighted by atomic mass is 10.0. The highest BCUT2D eigenvalue weighted by atomic mass is 16.4. The van der Waals surface area contributed by atoms with Crippen molar-refractivity contribution in [1.29, 1.82) is 0 Å². The van der Waals surface area contributed by atoms with E-state index in [2.05, 4.69) is 46.5 Å². The summed E-state index contributed by atoms with van der Waals surface area (Å²) in [4.78, 5) is 20.1. The third kappa shape index (κ3) is 4.71. The van der Waals surface area contributed by atoms with Gasteiger partial charge in [0.1, 0.15) is 11.4 Å². The highest BCUT2D eigenvalue weighted by Gasteiger charge is 2.17. The van der Waals surface area contributed by atoms with E-state index in [0.717, 1.165) is 22.4 Å². The lowest BCUT2D eigenvalue weighted by Crippen LogP contribution is -2.21. The Hall–Kier alpha value is -3.42. The van der Waals surface area contributed by atoms with Gasteiger partial charge in [-0.15, -0.1) is 0 Å². The predicted octanol–water partition coefficient (Wildman–Crippen LogP) is 4.10. The molecule has 1 aromatic carbocycles. The van der Waals surface area contributed by atoms with Crippen LogP contribution in [0, 0.1) is 13.8 Å². The SMILES string of the molecule is Cc1cccc(C)c1CNc1nc(Nc2cnn(C(C)(C)C)c2)ncc1C(=O)O. The summed E-state index contributed by atoms with van der Waals surface area (Å²) in [6.45, 7) is 10.7. The standard InChI is InChI=1S/C21H26N6O2/c1-13-7-6-8-14(2)16(13)10-22-18-17(19(28)29)11-23-20(26-18)25-15-9-24-27(12-15)21(3,4)5/h6-9,11-12H,10H2,1-5H3,(H,28,29)(H2,22,23,25,26). The van der Waals surface area contributed by atoms with Crippen LogP contribution in [0.5, 0.6) is 0 Å². The number of aromatic carboxylic acids is 1. The molecule has 2 heterocycles. The molecule has 0 bridgehead atoms. The van der Waals surface area contributed by atoms with Gasteiger partial charge in [-0.2, -0.15) is 10.1 Å². The normalized spacial score (nSPS) is 11.3. The molecule has 0 amide bonds. The maximum absolute atomic E-state index is 11.6. The second-order valence-electron chi connectivity index (χ2n) is 7.95. The van der Waals surface area contributed by atoms with Gasteiger partial charge < -0.3 is 15.7 Å². The first-order valence-electron chi connectivity index (χ1n) is 9.36. The molecule has 8 heteroatoms. The van der Waals surface area contributed by atoms with Gasteiger partial charge in [-0.25, -0.2) is 9.78 Å². The highest BCUT2D eigenvalue weighted by molar-refractivity contribution is 5.93. The van der Waals surface area contributed by atoms with Crippen LogP contribution in [0.3, 0.4) is 0 Å². The molecule has 3 N–H and O–H groups in total. The molecule has 0 aliphatic carbocycles. The van der Waals surface area contributed by atoms with E-state index in [4.69, 9.17) is 0 Å². The second-order valence-corrected chi connectivity index (χ2v) is 7.95. The molecule has 0 saturated carbocycles. The van der Waals surface area contributed by atoms with Crippen molar-refractivity contribution < 1.29 is 9.90 Å². The first-order valence-corrected chi connectivity index (χ1v) is 9.36. The molecule has 0 saturated heterocycles. The smallest absolute Gasteiger partial charge is 0.341 e. The average Bonchev–Trinajstić information content (AvgIpc) is 3.10. The number of aryl methyl sites for hydroxylation is 2. The Bertz CT molecular complexity index is 1020. The van der Waals surface area contributed by atoms with Crippen LogP contribution in [0.2, 0.25) is 0 Å². The molecule has 3 aromatic rings. The van der Waals surface area contributed by atoms with Crippen molar-refractivity contribution >= 4 is 23.4 Å². The number of benzene rings is 1. The van der Waals surface area contributed by atoms with Crippen LogP contribution in [-0.4, -0.2) is 30.8 Å². The van der Waals surface area contributed by atoms with E-state index in [1.807, 2.05) is 42.9 Å². The fraction of sp³-hybridized carbons (Fsp3) is 0.333. The van der Waals surface area contributed by atoms with E-state index >= 15 is 0 Å². The molecular formula is C21H26N6O2. The van der Waals surface area contributed by atoms with E-state index in [9.17, 15) is 9.90 Å². The summed E-state index contributed by atoms with van der Waals surface area (Å²) in [6.07, 6.45) is 4.85. The van der Waals surface area contributed by atoms with E-state index in [0.29, 0.717) is 12.5 Å². The van der Waals surface area contributed by atoms with E-state index in [1.54, 1.807) is 6.20 Å². The van der Waals surface area contributed by atoms with Gasteiger partial charge in [-0.05, 0) is 51.3 Å². The number of hydrogen-bond acceptors (Lipinski definition) is 6. The third-order valence-corrected chi connectivity index (χ3v) is 4.62. The molecule has 0 spiro atoms. The number of rotatable bonds is 6. The number of aromatic nitrogens is 4. The molecule has 0 radical (unpaired) electrons. The minimum atomic E-state index is -1.08. The van der Waals surface area contributed by atoms with Gasteiger partial charge in [0.15, 0.2) is 0 Å². The van der Waals surface area contributed by atoms with Crippen molar-refractivity contribution in [1.82, 2.24) is 19.7 Å². The Morgan fingerprint density at radius 3 is 2.45 bits per heavy atom. The molecule has 0 unspecified atom stereocenters. The monoisotopic (exact) mass is 394 g/mol. The molecule has 29 heavy (non-hydrogen) atoms. The van der Waals surface area contributed by atoms with Gasteiger partial charge in [0, 0.05) is 18.9 Å². The van der Waals surface area contributed by atoms with Gasteiger partial charge in [-0.3, -0.25) is 4.68 Å². The van der Waals surface area contributed by atoms with Crippen LogP contribution < -0.4 is 10.6 Å². The van der Waals surface area contributed by atoms with Gasteiger partial charge >= 0.3 is 5.97 Å². The zero-order chi connectivity index (χ0) is 21.2. The van der Waals surface area contributed by atoms with Gasteiger partial charge in [0.2, 0.25) is 5.95 Å². The second kappa shape index (κ2) is 7.90. The van der Waals surface area contributed by atoms with Crippen molar-refractivity contribution in [2.45, 2.75) is 46.7 Å². The molecule has 2 aromatic heterocycles. The summed E-state index contributed by atoms with van der Waals surface area (Å²) in [5.74, 6) is -0.519. The minimum Gasteiger partial charge on any atom is -0.477 e. The van der Waals surface area contributed by atoms with Crippen molar-refractivity contribution in [3.63, 3.8) is 0 Å². The zero-order valence-corrected chi connectivity index (χ0v) is 17.3. The number of carboxylic acids is 1.